The second kappa shape index (κ2) is 6.06. The lowest BCUT2D eigenvalue weighted by molar-refractivity contribution is 0.0693. The molecule has 1 aromatic heterocycles. The molecule has 1 amide bonds. The number of hydrogen-bond acceptors (Lipinski definition) is 3. The Hall–Kier alpha value is -2.56. The fourth-order valence-corrected chi connectivity index (χ4v) is 1.85. The van der Waals surface area contributed by atoms with Gasteiger partial charge in [0.2, 0.25) is 0 Å². The number of carboxylic acids is 1. The monoisotopic (exact) mass is 273 g/mol. The number of hydrogen-bond donors (Lipinski definition) is 1. The lowest BCUT2D eigenvalue weighted by atomic mass is 10.2. The number of carboxylic acid groups (broad SMARTS) is 1. The van der Waals surface area contributed by atoms with E-state index in [4.69, 9.17) is 9.52 Å². The highest BCUT2D eigenvalue weighted by Gasteiger charge is 2.20. The average molecular weight is 273 g/mol. The summed E-state index contributed by atoms with van der Waals surface area (Å²) in [6, 6.07) is 10.8. The molecule has 1 heterocycles. The first kappa shape index (κ1) is 13.9. The van der Waals surface area contributed by atoms with Gasteiger partial charge in [0.1, 0.15) is 6.26 Å². The molecule has 5 nitrogen and oxygen atoms in total. The van der Waals surface area contributed by atoms with Crippen LogP contribution >= 0.6 is 0 Å². The summed E-state index contributed by atoms with van der Waals surface area (Å²) in [5, 5.41) is 8.83. The molecular formula is C15H15NO4. The fraction of sp³-hybridized carbons (Fsp3) is 0.200. The van der Waals surface area contributed by atoms with Gasteiger partial charge in [-0.2, -0.15) is 0 Å². The Morgan fingerprint density at radius 3 is 2.50 bits per heavy atom. The van der Waals surface area contributed by atoms with Crippen LogP contribution in [-0.2, 0) is 6.54 Å². The standard InChI is InChI=1S/C15H15NO4/c1-2-16(9-11-6-4-3-5-7-11)14(17)13-8-12(10-20-13)15(18)19/h3-8,10H,2,9H2,1H3,(H,18,19). The highest BCUT2D eigenvalue weighted by Crippen LogP contribution is 2.13. The molecule has 0 aliphatic rings. The molecule has 2 aromatic rings. The molecule has 1 N–H and O–H groups in total. The number of benzene rings is 1. The number of amides is 1. The summed E-state index contributed by atoms with van der Waals surface area (Å²) in [5.74, 6) is -1.39. The molecule has 104 valence electrons. The topological polar surface area (TPSA) is 70.8 Å². The van der Waals surface area contributed by atoms with Crippen LogP contribution in [0.1, 0.15) is 33.4 Å². The Morgan fingerprint density at radius 1 is 1.25 bits per heavy atom. The van der Waals surface area contributed by atoms with Crippen molar-refractivity contribution in [2.45, 2.75) is 13.5 Å². The number of rotatable bonds is 5. The second-order valence-electron chi connectivity index (χ2n) is 4.31. The third-order valence-electron chi connectivity index (χ3n) is 2.94. The summed E-state index contributed by atoms with van der Waals surface area (Å²) in [7, 11) is 0. The van der Waals surface area contributed by atoms with Gasteiger partial charge < -0.3 is 14.4 Å². The molecule has 5 heteroatoms. The summed E-state index contributed by atoms with van der Waals surface area (Å²) in [6.45, 7) is 2.83. The van der Waals surface area contributed by atoms with E-state index < -0.39 is 5.97 Å². The molecule has 20 heavy (non-hydrogen) atoms. The largest absolute Gasteiger partial charge is 0.478 e. The van der Waals surface area contributed by atoms with Gasteiger partial charge >= 0.3 is 5.97 Å². The number of carbonyl (C=O) groups is 2. The first-order chi connectivity index (χ1) is 9.61. The minimum Gasteiger partial charge on any atom is -0.478 e. The number of furan rings is 1. The molecular weight excluding hydrogens is 258 g/mol. The van der Waals surface area contributed by atoms with Crippen molar-refractivity contribution in [3.63, 3.8) is 0 Å². The molecule has 0 aliphatic heterocycles. The van der Waals surface area contributed by atoms with Crippen LogP contribution < -0.4 is 0 Å². The quantitative estimate of drug-likeness (QED) is 0.909. The Balaban J connectivity index is 2.14. The van der Waals surface area contributed by atoms with Gasteiger partial charge in [0.25, 0.3) is 5.91 Å². The first-order valence-electron chi connectivity index (χ1n) is 6.27. The molecule has 0 fully saturated rings. The molecule has 0 aliphatic carbocycles. The van der Waals surface area contributed by atoms with Crippen molar-refractivity contribution in [2.75, 3.05) is 6.54 Å². The molecule has 2 rings (SSSR count). The zero-order valence-electron chi connectivity index (χ0n) is 11.1. The van der Waals surface area contributed by atoms with Crippen molar-refractivity contribution in [1.82, 2.24) is 4.90 Å². The fourth-order valence-electron chi connectivity index (χ4n) is 1.85. The van der Waals surface area contributed by atoms with Crippen LogP contribution in [0.2, 0.25) is 0 Å². The molecule has 0 unspecified atom stereocenters. The predicted octanol–water partition coefficient (Wildman–Crippen LogP) is 2.64. The van der Waals surface area contributed by atoms with Gasteiger partial charge in [-0.3, -0.25) is 4.79 Å². The zero-order valence-corrected chi connectivity index (χ0v) is 11.1. The maximum absolute atomic E-state index is 12.3. The van der Waals surface area contributed by atoms with Crippen molar-refractivity contribution < 1.29 is 19.1 Å². The van der Waals surface area contributed by atoms with Gasteiger partial charge in [0.05, 0.1) is 5.56 Å². The van der Waals surface area contributed by atoms with Crippen molar-refractivity contribution in [1.29, 1.82) is 0 Å². The van der Waals surface area contributed by atoms with Gasteiger partial charge in [-0.05, 0) is 12.5 Å². The Labute approximate surface area is 116 Å². The lowest BCUT2D eigenvalue weighted by Crippen LogP contribution is -2.30. The van der Waals surface area contributed by atoms with Crippen molar-refractivity contribution in [3.05, 3.63) is 59.5 Å². The van der Waals surface area contributed by atoms with E-state index in [9.17, 15) is 9.59 Å². The first-order valence-corrected chi connectivity index (χ1v) is 6.27. The number of aromatic carboxylic acids is 1. The maximum atomic E-state index is 12.3. The maximum Gasteiger partial charge on any atom is 0.338 e. The Bertz CT molecular complexity index is 603. The van der Waals surface area contributed by atoms with Gasteiger partial charge in [0.15, 0.2) is 5.76 Å². The Morgan fingerprint density at radius 2 is 1.95 bits per heavy atom. The minimum atomic E-state index is -1.11. The lowest BCUT2D eigenvalue weighted by Gasteiger charge is -2.19. The molecule has 0 atom stereocenters. The average Bonchev–Trinajstić information content (AvgIpc) is 2.95. The summed E-state index contributed by atoms with van der Waals surface area (Å²) < 4.78 is 5.04. The SMILES string of the molecule is CCN(Cc1ccccc1)C(=O)c1cc(C(=O)O)co1. The number of carbonyl (C=O) groups excluding carboxylic acids is 1. The van der Waals surface area contributed by atoms with Gasteiger partial charge in [-0.25, -0.2) is 4.79 Å². The Kier molecular flexibility index (Phi) is 4.20. The smallest absolute Gasteiger partial charge is 0.338 e. The molecule has 0 bridgehead atoms. The predicted molar refractivity (Wildman–Crippen MR) is 72.5 cm³/mol. The van der Waals surface area contributed by atoms with E-state index in [-0.39, 0.29) is 17.2 Å². The van der Waals surface area contributed by atoms with E-state index in [1.165, 1.54) is 6.07 Å². The van der Waals surface area contributed by atoms with Gasteiger partial charge in [0, 0.05) is 19.2 Å². The normalized spacial score (nSPS) is 10.2. The van der Waals surface area contributed by atoms with E-state index in [2.05, 4.69) is 0 Å². The van der Waals surface area contributed by atoms with E-state index >= 15 is 0 Å². The van der Waals surface area contributed by atoms with Crippen molar-refractivity contribution >= 4 is 11.9 Å². The van der Waals surface area contributed by atoms with Crippen LogP contribution in [0.3, 0.4) is 0 Å². The highest BCUT2D eigenvalue weighted by molar-refractivity contribution is 5.95. The molecule has 0 spiro atoms. The summed E-state index contributed by atoms with van der Waals surface area (Å²) in [4.78, 5) is 24.6. The second-order valence-corrected chi connectivity index (χ2v) is 4.31. The summed E-state index contributed by atoms with van der Waals surface area (Å²) in [5.41, 5.74) is 0.983. The molecule has 0 saturated heterocycles. The van der Waals surface area contributed by atoms with Gasteiger partial charge in [-0.15, -0.1) is 0 Å². The third-order valence-corrected chi connectivity index (χ3v) is 2.94. The van der Waals surface area contributed by atoms with Crippen LogP contribution in [0.15, 0.2) is 47.1 Å². The van der Waals surface area contributed by atoms with Crippen LogP contribution in [-0.4, -0.2) is 28.4 Å². The molecule has 0 radical (unpaired) electrons. The summed E-state index contributed by atoms with van der Waals surface area (Å²) in [6.07, 6.45) is 1.08. The van der Waals surface area contributed by atoms with Crippen LogP contribution in [0, 0.1) is 0 Å². The summed E-state index contributed by atoms with van der Waals surface area (Å²) >= 11 is 0. The van der Waals surface area contributed by atoms with Crippen molar-refractivity contribution in [2.24, 2.45) is 0 Å². The van der Waals surface area contributed by atoms with Crippen LogP contribution in [0.5, 0.6) is 0 Å². The molecule has 0 saturated carbocycles. The van der Waals surface area contributed by atoms with Crippen molar-refractivity contribution in [3.8, 4) is 0 Å². The third kappa shape index (κ3) is 3.06. The van der Waals surface area contributed by atoms with Crippen LogP contribution in [0.4, 0.5) is 0 Å². The van der Waals surface area contributed by atoms with E-state index in [0.717, 1.165) is 11.8 Å². The van der Waals surface area contributed by atoms with E-state index in [1.807, 2.05) is 37.3 Å². The minimum absolute atomic E-state index is 0.0240. The van der Waals surface area contributed by atoms with Crippen LogP contribution in [0.25, 0.3) is 0 Å². The highest BCUT2D eigenvalue weighted by atomic mass is 16.4. The van der Waals surface area contributed by atoms with E-state index in [1.54, 1.807) is 4.90 Å². The van der Waals surface area contributed by atoms with E-state index in [0.29, 0.717) is 13.1 Å². The number of nitrogens with zero attached hydrogens (tertiary/aromatic N) is 1. The molecule has 1 aromatic carbocycles. The zero-order chi connectivity index (χ0) is 14.5. The van der Waals surface area contributed by atoms with Gasteiger partial charge in [-0.1, -0.05) is 30.3 Å².